The number of hydrogen-bond acceptors (Lipinski definition) is 4. The Kier molecular flexibility index (Phi) is 5.19. The van der Waals surface area contributed by atoms with E-state index in [-0.39, 0.29) is 0 Å². The van der Waals surface area contributed by atoms with Crippen LogP contribution in [0.25, 0.3) is 0 Å². The first-order valence-electron chi connectivity index (χ1n) is 7.11. The third kappa shape index (κ3) is 4.20. The lowest BCUT2D eigenvalue weighted by molar-refractivity contribution is 0.0899. The van der Waals surface area contributed by atoms with E-state index in [0.29, 0.717) is 12.6 Å². The fourth-order valence-electron chi connectivity index (χ4n) is 2.30. The van der Waals surface area contributed by atoms with Gasteiger partial charge in [0.05, 0.1) is 6.61 Å². The van der Waals surface area contributed by atoms with Gasteiger partial charge in [-0.25, -0.2) is 10.4 Å². The molecule has 1 unspecified atom stereocenters. The number of ether oxygens (including phenoxy) is 1. The van der Waals surface area contributed by atoms with Gasteiger partial charge < -0.3 is 9.64 Å². The third-order valence-electron chi connectivity index (χ3n) is 3.57. The molecular formula is C15H25N3O. The maximum Gasteiger partial charge on any atom is 0.119 e. The summed E-state index contributed by atoms with van der Waals surface area (Å²) >= 11 is 0. The van der Waals surface area contributed by atoms with Crippen molar-refractivity contribution in [1.82, 2.24) is 15.3 Å². The molecule has 0 amide bonds. The minimum absolute atomic E-state index is 0.332. The lowest BCUT2D eigenvalue weighted by Gasteiger charge is -2.34. The highest BCUT2D eigenvalue weighted by Gasteiger charge is 2.16. The monoisotopic (exact) mass is 263 g/mol. The maximum atomic E-state index is 5.47. The molecule has 0 radical (unpaired) electrons. The highest BCUT2D eigenvalue weighted by molar-refractivity contribution is 5.28. The molecule has 1 N–H and O–H groups in total. The Hall–Kier alpha value is -1.10. The van der Waals surface area contributed by atoms with Gasteiger partial charge in [0.2, 0.25) is 0 Å². The zero-order valence-corrected chi connectivity index (χ0v) is 12.2. The van der Waals surface area contributed by atoms with Crippen LogP contribution in [0.1, 0.15) is 25.5 Å². The minimum atomic E-state index is 0.332. The summed E-state index contributed by atoms with van der Waals surface area (Å²) in [5, 5.41) is 2.32. The molecule has 1 fully saturated rings. The average Bonchev–Trinajstić information content (AvgIpc) is 2.42. The Balaban J connectivity index is 1.86. The fourth-order valence-corrected chi connectivity index (χ4v) is 2.30. The van der Waals surface area contributed by atoms with Crippen molar-refractivity contribution < 1.29 is 4.74 Å². The smallest absolute Gasteiger partial charge is 0.119 e. The molecule has 0 aromatic heterocycles. The predicted molar refractivity (Wildman–Crippen MR) is 78.2 cm³/mol. The molecule has 0 spiro atoms. The first-order valence-corrected chi connectivity index (χ1v) is 7.11. The van der Waals surface area contributed by atoms with E-state index in [2.05, 4.69) is 41.4 Å². The molecule has 19 heavy (non-hydrogen) atoms. The van der Waals surface area contributed by atoms with Gasteiger partial charge in [-0.3, -0.25) is 0 Å². The topological polar surface area (TPSA) is 27.7 Å². The van der Waals surface area contributed by atoms with Crippen molar-refractivity contribution in [1.29, 1.82) is 0 Å². The second kappa shape index (κ2) is 6.89. The summed E-state index contributed by atoms with van der Waals surface area (Å²) in [7, 11) is 2.17. The van der Waals surface area contributed by atoms with Gasteiger partial charge in [-0.05, 0) is 38.6 Å². The first kappa shape index (κ1) is 14.3. The summed E-state index contributed by atoms with van der Waals surface area (Å²) in [6.45, 7) is 9.34. The van der Waals surface area contributed by atoms with E-state index in [0.717, 1.165) is 31.9 Å². The van der Waals surface area contributed by atoms with Gasteiger partial charge in [-0.2, -0.15) is 0 Å². The maximum absolute atomic E-state index is 5.47. The van der Waals surface area contributed by atoms with Crippen LogP contribution in [0.5, 0.6) is 5.75 Å². The molecule has 1 atom stereocenters. The highest BCUT2D eigenvalue weighted by atomic mass is 16.5. The van der Waals surface area contributed by atoms with E-state index in [9.17, 15) is 0 Å². The van der Waals surface area contributed by atoms with Gasteiger partial charge in [0.25, 0.3) is 0 Å². The van der Waals surface area contributed by atoms with Crippen molar-refractivity contribution in [3.05, 3.63) is 29.8 Å². The second-order valence-corrected chi connectivity index (χ2v) is 5.14. The fraction of sp³-hybridized carbons (Fsp3) is 0.600. The van der Waals surface area contributed by atoms with E-state index in [1.54, 1.807) is 0 Å². The van der Waals surface area contributed by atoms with Gasteiger partial charge in [-0.1, -0.05) is 12.1 Å². The van der Waals surface area contributed by atoms with Crippen molar-refractivity contribution >= 4 is 0 Å². The summed E-state index contributed by atoms with van der Waals surface area (Å²) in [5.41, 5.74) is 4.87. The number of piperazine rings is 1. The van der Waals surface area contributed by atoms with Crippen LogP contribution in [-0.4, -0.2) is 49.7 Å². The van der Waals surface area contributed by atoms with Gasteiger partial charge in [0.1, 0.15) is 5.75 Å². The van der Waals surface area contributed by atoms with Crippen LogP contribution in [0, 0.1) is 0 Å². The van der Waals surface area contributed by atoms with E-state index in [1.807, 2.05) is 19.1 Å². The van der Waals surface area contributed by atoms with Crippen LogP contribution in [0.2, 0.25) is 0 Å². The van der Waals surface area contributed by atoms with Gasteiger partial charge in [0, 0.05) is 32.2 Å². The molecule has 1 aromatic rings. The third-order valence-corrected chi connectivity index (χ3v) is 3.57. The van der Waals surface area contributed by atoms with Crippen molar-refractivity contribution in [3.63, 3.8) is 0 Å². The molecule has 1 aliphatic heterocycles. The van der Waals surface area contributed by atoms with Gasteiger partial charge in [0.15, 0.2) is 0 Å². The number of benzene rings is 1. The van der Waals surface area contributed by atoms with Crippen LogP contribution in [0.15, 0.2) is 24.3 Å². The highest BCUT2D eigenvalue weighted by Crippen LogP contribution is 2.18. The predicted octanol–water partition coefficient (Wildman–Crippen LogP) is 1.90. The van der Waals surface area contributed by atoms with E-state index < -0.39 is 0 Å². The zero-order chi connectivity index (χ0) is 13.7. The molecule has 1 aromatic carbocycles. The number of rotatable bonds is 5. The summed E-state index contributed by atoms with van der Waals surface area (Å²) in [6.07, 6.45) is 0. The molecule has 1 heterocycles. The Morgan fingerprint density at radius 1 is 1.16 bits per heavy atom. The van der Waals surface area contributed by atoms with E-state index in [4.69, 9.17) is 4.74 Å². The number of nitrogens with one attached hydrogen (secondary N) is 1. The van der Waals surface area contributed by atoms with Gasteiger partial charge >= 0.3 is 0 Å². The van der Waals surface area contributed by atoms with Crippen LogP contribution >= 0.6 is 0 Å². The molecule has 0 aliphatic carbocycles. The Bertz CT molecular complexity index is 371. The van der Waals surface area contributed by atoms with Gasteiger partial charge in [-0.15, -0.1) is 0 Å². The second-order valence-electron chi connectivity index (χ2n) is 5.14. The van der Waals surface area contributed by atoms with Crippen molar-refractivity contribution in [2.24, 2.45) is 0 Å². The summed E-state index contributed by atoms with van der Waals surface area (Å²) < 4.78 is 5.47. The van der Waals surface area contributed by atoms with Crippen molar-refractivity contribution in [3.8, 4) is 5.75 Å². The van der Waals surface area contributed by atoms with Crippen molar-refractivity contribution in [2.45, 2.75) is 19.9 Å². The summed E-state index contributed by atoms with van der Waals surface area (Å²) in [4.78, 5) is 2.36. The molecule has 2 rings (SSSR count). The molecule has 4 heteroatoms. The number of hydrazine groups is 1. The standard InChI is InChI=1S/C15H25N3O/c1-4-19-15-7-5-14(6-8-15)13(2)16-18-11-9-17(3)10-12-18/h5-8,13,16H,4,9-12H2,1-3H3. The quantitative estimate of drug-likeness (QED) is 0.878. The minimum Gasteiger partial charge on any atom is -0.494 e. The number of nitrogens with zero attached hydrogens (tertiary/aromatic N) is 2. The summed E-state index contributed by atoms with van der Waals surface area (Å²) in [5.74, 6) is 0.943. The molecule has 1 saturated heterocycles. The molecule has 1 aliphatic rings. The molecule has 0 saturated carbocycles. The molecule has 0 bridgehead atoms. The number of hydrogen-bond donors (Lipinski definition) is 1. The van der Waals surface area contributed by atoms with Crippen LogP contribution < -0.4 is 10.2 Å². The summed E-state index contributed by atoms with van der Waals surface area (Å²) in [6, 6.07) is 8.69. The Morgan fingerprint density at radius 3 is 2.37 bits per heavy atom. The largest absolute Gasteiger partial charge is 0.494 e. The average molecular weight is 263 g/mol. The zero-order valence-electron chi connectivity index (χ0n) is 12.2. The van der Waals surface area contributed by atoms with E-state index >= 15 is 0 Å². The lowest BCUT2D eigenvalue weighted by atomic mass is 10.1. The Morgan fingerprint density at radius 2 is 1.79 bits per heavy atom. The molecule has 106 valence electrons. The van der Waals surface area contributed by atoms with E-state index in [1.165, 1.54) is 5.56 Å². The lowest BCUT2D eigenvalue weighted by Crippen LogP contribution is -2.51. The Labute approximate surface area is 116 Å². The SMILES string of the molecule is CCOc1ccc(C(C)NN2CCN(C)CC2)cc1. The van der Waals surface area contributed by atoms with Crippen LogP contribution in [0.3, 0.4) is 0 Å². The number of likely N-dealkylation sites (N-methyl/N-ethyl adjacent to an activating group) is 1. The molecule has 4 nitrogen and oxygen atoms in total. The normalized spacial score (nSPS) is 19.3. The van der Waals surface area contributed by atoms with Crippen LogP contribution in [0.4, 0.5) is 0 Å². The van der Waals surface area contributed by atoms with Crippen LogP contribution in [-0.2, 0) is 0 Å². The molecular weight excluding hydrogens is 238 g/mol. The first-order chi connectivity index (χ1) is 9.19. The van der Waals surface area contributed by atoms with Crippen molar-refractivity contribution in [2.75, 3.05) is 39.8 Å².